The highest BCUT2D eigenvalue weighted by molar-refractivity contribution is 5.94. The molecule has 7 heteroatoms. The minimum atomic E-state index is -0.545. The Morgan fingerprint density at radius 2 is 2.13 bits per heavy atom. The van der Waals surface area contributed by atoms with Crippen LogP contribution in [0, 0.1) is 5.92 Å². The minimum absolute atomic E-state index is 0.229. The topological polar surface area (TPSA) is 84.7 Å². The molecular formula is C16H23N3O4. The number of hydrogen-bond donors (Lipinski definition) is 1. The molecule has 3 rings (SSSR count). The van der Waals surface area contributed by atoms with E-state index in [0.717, 1.165) is 0 Å². The van der Waals surface area contributed by atoms with Gasteiger partial charge in [0.05, 0.1) is 6.54 Å². The van der Waals surface area contributed by atoms with E-state index in [1.165, 1.54) is 12.8 Å². The van der Waals surface area contributed by atoms with Gasteiger partial charge in [0.15, 0.2) is 5.69 Å². The number of fused-ring (bicyclic) bond motifs is 1. The van der Waals surface area contributed by atoms with Crippen LogP contribution >= 0.6 is 0 Å². The maximum absolute atomic E-state index is 12.2. The maximum Gasteiger partial charge on any atom is 0.410 e. The van der Waals surface area contributed by atoms with Crippen molar-refractivity contribution < 1.29 is 18.8 Å². The summed E-state index contributed by atoms with van der Waals surface area (Å²) >= 11 is 0. The number of nitrogens with zero attached hydrogens (tertiary/aromatic N) is 2. The molecule has 1 aliphatic heterocycles. The molecule has 0 aromatic carbocycles. The highest BCUT2D eigenvalue weighted by atomic mass is 16.6. The van der Waals surface area contributed by atoms with E-state index < -0.39 is 5.60 Å². The second kappa shape index (κ2) is 5.86. The van der Waals surface area contributed by atoms with Crippen molar-refractivity contribution in [2.45, 2.75) is 52.2 Å². The van der Waals surface area contributed by atoms with E-state index in [-0.39, 0.29) is 17.7 Å². The highest BCUT2D eigenvalue weighted by Gasteiger charge is 2.32. The summed E-state index contributed by atoms with van der Waals surface area (Å²) in [5, 5.41) is 6.78. The van der Waals surface area contributed by atoms with Gasteiger partial charge in [-0.15, -0.1) is 0 Å². The van der Waals surface area contributed by atoms with Gasteiger partial charge in [0, 0.05) is 25.1 Å². The van der Waals surface area contributed by atoms with Gasteiger partial charge in [-0.1, -0.05) is 5.16 Å². The van der Waals surface area contributed by atoms with Gasteiger partial charge in [-0.25, -0.2) is 4.79 Å². The molecule has 2 heterocycles. The van der Waals surface area contributed by atoms with E-state index in [1.807, 2.05) is 20.8 Å². The Hall–Kier alpha value is -2.05. The molecule has 1 saturated carbocycles. The van der Waals surface area contributed by atoms with Crippen molar-refractivity contribution in [1.29, 1.82) is 0 Å². The van der Waals surface area contributed by atoms with Crippen LogP contribution in [0.5, 0.6) is 0 Å². The second-order valence-electron chi connectivity index (χ2n) is 7.24. The standard InChI is InChI=1S/C16H23N3O4/c1-16(2,3)22-15(21)19-7-6-12-11(9-19)13(18-23-12)14(20)17-8-10-4-5-10/h10H,4-9H2,1-3H3,(H,17,20). The normalized spacial score (nSPS) is 17.6. The fourth-order valence-electron chi connectivity index (χ4n) is 2.51. The van der Waals surface area contributed by atoms with Crippen LogP contribution in [0.4, 0.5) is 4.79 Å². The van der Waals surface area contributed by atoms with E-state index in [9.17, 15) is 9.59 Å². The zero-order valence-electron chi connectivity index (χ0n) is 13.8. The summed E-state index contributed by atoms with van der Waals surface area (Å²) in [6.07, 6.45) is 2.50. The summed E-state index contributed by atoms with van der Waals surface area (Å²) in [6.45, 7) is 6.96. The third-order valence-corrected chi connectivity index (χ3v) is 3.94. The summed E-state index contributed by atoms with van der Waals surface area (Å²) in [5.74, 6) is 1.05. The number of nitrogens with one attached hydrogen (secondary N) is 1. The fraction of sp³-hybridized carbons (Fsp3) is 0.688. The van der Waals surface area contributed by atoms with Crippen LogP contribution in [0.1, 0.15) is 55.4 Å². The third kappa shape index (κ3) is 3.83. The summed E-state index contributed by atoms with van der Waals surface area (Å²) in [5.41, 5.74) is 0.431. The number of carbonyl (C=O) groups excluding carboxylic acids is 2. The number of rotatable bonds is 3. The predicted molar refractivity (Wildman–Crippen MR) is 81.9 cm³/mol. The molecule has 1 N–H and O–H groups in total. The van der Waals surface area contributed by atoms with Crippen LogP contribution in [-0.2, 0) is 17.7 Å². The third-order valence-electron chi connectivity index (χ3n) is 3.94. The van der Waals surface area contributed by atoms with E-state index >= 15 is 0 Å². The molecule has 126 valence electrons. The predicted octanol–water partition coefficient (Wildman–Crippen LogP) is 2.11. The molecule has 0 atom stereocenters. The molecule has 23 heavy (non-hydrogen) atoms. The van der Waals surface area contributed by atoms with E-state index in [2.05, 4.69) is 10.5 Å². The maximum atomic E-state index is 12.2. The van der Waals surface area contributed by atoms with Gasteiger partial charge < -0.3 is 19.5 Å². The van der Waals surface area contributed by atoms with Gasteiger partial charge in [-0.3, -0.25) is 4.79 Å². The van der Waals surface area contributed by atoms with E-state index in [0.29, 0.717) is 43.3 Å². The van der Waals surface area contributed by atoms with Crippen LogP contribution < -0.4 is 5.32 Å². The van der Waals surface area contributed by atoms with Gasteiger partial charge in [-0.2, -0.15) is 0 Å². The summed E-state index contributed by atoms with van der Waals surface area (Å²) in [6, 6.07) is 0. The van der Waals surface area contributed by atoms with Gasteiger partial charge in [0.25, 0.3) is 5.91 Å². The Kier molecular flexibility index (Phi) is 4.04. The number of carbonyl (C=O) groups is 2. The monoisotopic (exact) mass is 321 g/mol. The molecule has 0 spiro atoms. The van der Waals surface area contributed by atoms with Crippen LogP contribution in [0.25, 0.3) is 0 Å². The number of hydrogen-bond acceptors (Lipinski definition) is 5. The van der Waals surface area contributed by atoms with E-state index in [4.69, 9.17) is 9.26 Å². The first kappa shape index (κ1) is 15.8. The first-order valence-corrected chi connectivity index (χ1v) is 8.07. The summed E-state index contributed by atoms with van der Waals surface area (Å²) in [7, 11) is 0. The average molecular weight is 321 g/mol. The molecular weight excluding hydrogens is 298 g/mol. The van der Waals surface area contributed by atoms with Gasteiger partial charge >= 0.3 is 6.09 Å². The molecule has 0 saturated heterocycles. The lowest BCUT2D eigenvalue weighted by molar-refractivity contribution is 0.0218. The van der Waals surface area contributed by atoms with Crippen molar-refractivity contribution in [3.05, 3.63) is 17.0 Å². The quantitative estimate of drug-likeness (QED) is 0.921. The zero-order valence-corrected chi connectivity index (χ0v) is 13.8. The fourth-order valence-corrected chi connectivity index (χ4v) is 2.51. The molecule has 7 nitrogen and oxygen atoms in total. The molecule has 0 radical (unpaired) electrons. The largest absolute Gasteiger partial charge is 0.444 e. The Morgan fingerprint density at radius 3 is 2.78 bits per heavy atom. The van der Waals surface area contributed by atoms with Crippen LogP contribution in [0.15, 0.2) is 4.52 Å². The summed E-state index contributed by atoms with van der Waals surface area (Å²) < 4.78 is 10.7. The van der Waals surface area contributed by atoms with Crippen molar-refractivity contribution in [3.8, 4) is 0 Å². The van der Waals surface area contributed by atoms with Crippen LogP contribution in [-0.4, -0.2) is 40.7 Å². The lowest BCUT2D eigenvalue weighted by Crippen LogP contribution is -2.40. The van der Waals surface area contributed by atoms with Gasteiger partial charge in [0.1, 0.15) is 11.4 Å². The summed E-state index contributed by atoms with van der Waals surface area (Å²) in [4.78, 5) is 26.0. The highest BCUT2D eigenvalue weighted by Crippen LogP contribution is 2.28. The number of ether oxygens (including phenoxy) is 1. The smallest absolute Gasteiger partial charge is 0.410 e. The SMILES string of the molecule is CC(C)(C)OC(=O)N1CCc2onc(C(=O)NCC3CC3)c2C1. The van der Waals surface area contributed by atoms with Gasteiger partial charge in [0.2, 0.25) is 0 Å². The second-order valence-corrected chi connectivity index (χ2v) is 7.24. The number of aromatic nitrogens is 1. The molecule has 1 aromatic rings. The molecule has 0 bridgehead atoms. The average Bonchev–Trinajstić information content (AvgIpc) is 3.20. The minimum Gasteiger partial charge on any atom is -0.444 e. The Balaban J connectivity index is 1.67. The Labute approximate surface area is 135 Å². The first-order valence-electron chi connectivity index (χ1n) is 8.07. The molecule has 2 amide bonds. The van der Waals surface area contributed by atoms with Crippen LogP contribution in [0.2, 0.25) is 0 Å². The van der Waals surface area contributed by atoms with E-state index in [1.54, 1.807) is 4.90 Å². The van der Waals surface area contributed by atoms with Crippen molar-refractivity contribution in [3.63, 3.8) is 0 Å². The van der Waals surface area contributed by atoms with Crippen molar-refractivity contribution >= 4 is 12.0 Å². The Bertz CT molecular complexity index is 613. The zero-order chi connectivity index (χ0) is 16.6. The first-order chi connectivity index (χ1) is 10.8. The van der Waals surface area contributed by atoms with Crippen molar-refractivity contribution in [2.75, 3.05) is 13.1 Å². The van der Waals surface area contributed by atoms with Crippen LogP contribution in [0.3, 0.4) is 0 Å². The molecule has 1 fully saturated rings. The molecule has 0 unspecified atom stereocenters. The van der Waals surface area contributed by atoms with Crippen molar-refractivity contribution in [2.24, 2.45) is 5.92 Å². The van der Waals surface area contributed by atoms with Gasteiger partial charge in [-0.05, 0) is 39.5 Å². The molecule has 1 aromatic heterocycles. The number of amides is 2. The lowest BCUT2D eigenvalue weighted by Gasteiger charge is -2.29. The molecule has 1 aliphatic carbocycles. The van der Waals surface area contributed by atoms with Crippen molar-refractivity contribution in [1.82, 2.24) is 15.4 Å². The Morgan fingerprint density at radius 1 is 1.39 bits per heavy atom. The lowest BCUT2D eigenvalue weighted by atomic mass is 10.1. The molecule has 2 aliphatic rings.